The Balaban J connectivity index is 1.56. The lowest BCUT2D eigenvalue weighted by Crippen LogP contribution is -2.43. The number of anilines is 1. The highest BCUT2D eigenvalue weighted by atomic mass is 16.5. The minimum absolute atomic E-state index is 0.181. The highest BCUT2D eigenvalue weighted by molar-refractivity contribution is 5.93. The van der Waals surface area contributed by atoms with Crippen LogP contribution in [0, 0.1) is 0 Å². The van der Waals surface area contributed by atoms with E-state index in [1.54, 1.807) is 14.2 Å². The standard InChI is InChI=1S/C28H29N3O4/c1-4-35-25-8-6-5-7-24(25)30-28(32)31-16-15-21-22-17-20(34-3)13-14-23(22)29-26(21)27(31)18-9-11-19(33-2)12-10-18/h5-14,17,27,29H,4,15-16H2,1-3H3,(H,30,32)/t27-/m0/s1. The fraction of sp³-hybridized carbons (Fsp3) is 0.250. The zero-order chi connectivity index (χ0) is 24.4. The van der Waals surface area contributed by atoms with Crippen LogP contribution in [0.3, 0.4) is 0 Å². The van der Waals surface area contributed by atoms with Crippen molar-refractivity contribution in [1.29, 1.82) is 0 Å². The zero-order valence-electron chi connectivity index (χ0n) is 20.1. The molecule has 2 amide bonds. The van der Waals surface area contributed by atoms with E-state index in [0.29, 0.717) is 24.6 Å². The van der Waals surface area contributed by atoms with Crippen LogP contribution in [-0.4, -0.2) is 43.3 Å². The molecular weight excluding hydrogens is 442 g/mol. The van der Waals surface area contributed by atoms with Crippen molar-refractivity contribution in [2.75, 3.05) is 32.7 Å². The Bertz CT molecular complexity index is 1350. The second-order valence-corrected chi connectivity index (χ2v) is 8.41. The molecule has 0 spiro atoms. The maximum absolute atomic E-state index is 13.7. The molecule has 0 radical (unpaired) electrons. The minimum atomic E-state index is -0.290. The van der Waals surface area contributed by atoms with Gasteiger partial charge in [-0.25, -0.2) is 4.79 Å². The first-order valence-electron chi connectivity index (χ1n) is 11.7. The number of urea groups is 1. The van der Waals surface area contributed by atoms with Crippen molar-refractivity contribution in [2.45, 2.75) is 19.4 Å². The van der Waals surface area contributed by atoms with E-state index in [-0.39, 0.29) is 12.1 Å². The van der Waals surface area contributed by atoms with Gasteiger partial charge in [-0.3, -0.25) is 0 Å². The Morgan fingerprint density at radius 3 is 2.51 bits per heavy atom. The van der Waals surface area contributed by atoms with Crippen LogP contribution in [0.4, 0.5) is 10.5 Å². The van der Waals surface area contributed by atoms with Crippen molar-refractivity contribution in [3.63, 3.8) is 0 Å². The molecule has 0 saturated carbocycles. The maximum atomic E-state index is 13.7. The number of carbonyl (C=O) groups excluding carboxylic acids is 1. The average molecular weight is 472 g/mol. The molecule has 7 nitrogen and oxygen atoms in total. The summed E-state index contributed by atoms with van der Waals surface area (Å²) in [5.41, 5.74) is 4.90. The lowest BCUT2D eigenvalue weighted by Gasteiger charge is -2.36. The van der Waals surface area contributed by atoms with Crippen LogP contribution >= 0.6 is 0 Å². The van der Waals surface area contributed by atoms with E-state index in [1.165, 1.54) is 5.56 Å². The molecule has 7 heteroatoms. The molecule has 180 valence electrons. The molecule has 0 bridgehead atoms. The Morgan fingerprint density at radius 2 is 1.77 bits per heavy atom. The van der Waals surface area contributed by atoms with Crippen molar-refractivity contribution in [3.8, 4) is 17.2 Å². The quantitative estimate of drug-likeness (QED) is 0.375. The largest absolute Gasteiger partial charge is 0.497 e. The summed E-state index contributed by atoms with van der Waals surface area (Å²) >= 11 is 0. The van der Waals surface area contributed by atoms with Crippen molar-refractivity contribution in [2.24, 2.45) is 0 Å². The summed E-state index contributed by atoms with van der Waals surface area (Å²) < 4.78 is 16.5. The lowest BCUT2D eigenvalue weighted by atomic mass is 9.92. The number of para-hydroxylation sites is 2. The summed E-state index contributed by atoms with van der Waals surface area (Å²) in [6.45, 7) is 3.01. The first-order valence-corrected chi connectivity index (χ1v) is 11.7. The Labute approximate surface area is 204 Å². The maximum Gasteiger partial charge on any atom is 0.322 e. The normalized spacial score (nSPS) is 14.9. The Hall–Kier alpha value is -4.13. The smallest absolute Gasteiger partial charge is 0.322 e. The molecule has 1 aromatic heterocycles. The van der Waals surface area contributed by atoms with Gasteiger partial charge in [-0.2, -0.15) is 0 Å². The number of nitrogens with one attached hydrogen (secondary N) is 2. The molecule has 0 fully saturated rings. The Morgan fingerprint density at radius 1 is 1.03 bits per heavy atom. The molecule has 0 aliphatic carbocycles. The van der Waals surface area contributed by atoms with Gasteiger partial charge in [0.15, 0.2) is 0 Å². The highest BCUT2D eigenvalue weighted by Crippen LogP contribution is 2.40. The number of benzene rings is 3. The van der Waals surface area contributed by atoms with Gasteiger partial charge < -0.3 is 29.4 Å². The fourth-order valence-corrected chi connectivity index (χ4v) is 4.78. The molecule has 5 rings (SSSR count). The van der Waals surface area contributed by atoms with Crippen LogP contribution in [0.2, 0.25) is 0 Å². The van der Waals surface area contributed by atoms with Crippen molar-refractivity contribution in [1.82, 2.24) is 9.88 Å². The van der Waals surface area contributed by atoms with Gasteiger partial charge in [-0.15, -0.1) is 0 Å². The number of aromatic amines is 1. The van der Waals surface area contributed by atoms with Crippen LogP contribution in [0.5, 0.6) is 17.2 Å². The van der Waals surface area contributed by atoms with E-state index in [2.05, 4.69) is 16.4 Å². The number of ether oxygens (including phenoxy) is 3. The van der Waals surface area contributed by atoms with Gasteiger partial charge >= 0.3 is 6.03 Å². The van der Waals surface area contributed by atoms with Gasteiger partial charge in [0.1, 0.15) is 17.2 Å². The number of aromatic nitrogens is 1. The summed E-state index contributed by atoms with van der Waals surface area (Å²) in [4.78, 5) is 19.1. The van der Waals surface area contributed by atoms with Gasteiger partial charge in [0.25, 0.3) is 0 Å². The third-order valence-electron chi connectivity index (χ3n) is 6.46. The second-order valence-electron chi connectivity index (χ2n) is 8.41. The summed E-state index contributed by atoms with van der Waals surface area (Å²) in [5.74, 6) is 2.24. The van der Waals surface area contributed by atoms with Gasteiger partial charge in [0.05, 0.1) is 32.6 Å². The van der Waals surface area contributed by atoms with E-state index in [1.807, 2.05) is 72.5 Å². The average Bonchev–Trinajstić information content (AvgIpc) is 3.27. The number of H-pyrrole nitrogens is 1. The van der Waals surface area contributed by atoms with E-state index in [0.717, 1.165) is 40.1 Å². The van der Waals surface area contributed by atoms with Gasteiger partial charge in [-0.05, 0) is 66.9 Å². The zero-order valence-corrected chi connectivity index (χ0v) is 20.1. The van der Waals surface area contributed by atoms with E-state index >= 15 is 0 Å². The molecule has 1 atom stereocenters. The predicted molar refractivity (Wildman–Crippen MR) is 137 cm³/mol. The number of nitrogens with zero attached hydrogens (tertiary/aromatic N) is 1. The summed E-state index contributed by atoms with van der Waals surface area (Å²) in [6.07, 6.45) is 0.732. The third-order valence-corrected chi connectivity index (χ3v) is 6.46. The SMILES string of the molecule is CCOc1ccccc1NC(=O)N1CCc2c([nH]c3ccc(OC)cc23)[C@@H]1c1ccc(OC)cc1. The monoisotopic (exact) mass is 471 g/mol. The molecule has 4 aromatic rings. The topological polar surface area (TPSA) is 75.8 Å². The van der Waals surface area contributed by atoms with Crippen LogP contribution in [0.25, 0.3) is 10.9 Å². The first-order chi connectivity index (χ1) is 17.1. The molecule has 35 heavy (non-hydrogen) atoms. The Kier molecular flexibility index (Phi) is 6.23. The van der Waals surface area contributed by atoms with Crippen molar-refractivity contribution >= 4 is 22.6 Å². The van der Waals surface area contributed by atoms with Crippen LogP contribution in [-0.2, 0) is 6.42 Å². The molecule has 2 heterocycles. The van der Waals surface area contributed by atoms with Gasteiger partial charge in [0.2, 0.25) is 0 Å². The number of carbonyl (C=O) groups is 1. The van der Waals surface area contributed by atoms with Crippen molar-refractivity contribution in [3.05, 3.63) is 83.6 Å². The number of fused-ring (bicyclic) bond motifs is 3. The molecule has 0 unspecified atom stereocenters. The van der Waals surface area contributed by atoms with Crippen molar-refractivity contribution < 1.29 is 19.0 Å². The van der Waals surface area contributed by atoms with E-state index in [9.17, 15) is 4.79 Å². The van der Waals surface area contributed by atoms with Gasteiger partial charge in [-0.1, -0.05) is 24.3 Å². The molecule has 1 aliphatic rings. The number of rotatable bonds is 6. The fourth-order valence-electron chi connectivity index (χ4n) is 4.78. The number of hydrogen-bond acceptors (Lipinski definition) is 4. The summed E-state index contributed by atoms with van der Waals surface area (Å²) in [7, 11) is 3.32. The first kappa shape index (κ1) is 22.7. The van der Waals surface area contributed by atoms with Crippen LogP contribution in [0.15, 0.2) is 66.7 Å². The molecule has 1 aliphatic heterocycles. The van der Waals surface area contributed by atoms with E-state index in [4.69, 9.17) is 14.2 Å². The predicted octanol–water partition coefficient (Wildman–Crippen LogP) is 5.76. The number of methoxy groups -OCH3 is 2. The number of amides is 2. The second kappa shape index (κ2) is 9.62. The summed E-state index contributed by atoms with van der Waals surface area (Å²) in [5, 5.41) is 4.20. The van der Waals surface area contributed by atoms with E-state index < -0.39 is 0 Å². The highest BCUT2D eigenvalue weighted by Gasteiger charge is 2.35. The van der Waals surface area contributed by atoms with Gasteiger partial charge in [0, 0.05) is 23.1 Å². The van der Waals surface area contributed by atoms with Crippen LogP contribution < -0.4 is 19.5 Å². The minimum Gasteiger partial charge on any atom is -0.497 e. The third kappa shape index (κ3) is 4.25. The molecule has 3 aromatic carbocycles. The van der Waals surface area contributed by atoms with Crippen LogP contribution in [0.1, 0.15) is 29.8 Å². The molecular formula is C28H29N3O4. The molecule has 0 saturated heterocycles. The lowest BCUT2D eigenvalue weighted by molar-refractivity contribution is 0.193. The number of hydrogen-bond donors (Lipinski definition) is 2. The summed E-state index contributed by atoms with van der Waals surface area (Å²) in [6, 6.07) is 20.9. The molecule has 2 N–H and O–H groups in total.